The molecule has 1 N–H and O–H groups in total. The number of aromatic nitrogens is 4. The van der Waals surface area contributed by atoms with E-state index in [0.29, 0.717) is 12.0 Å². The molecule has 14 heavy (non-hydrogen) atoms. The van der Waals surface area contributed by atoms with Gasteiger partial charge in [0.15, 0.2) is 5.82 Å². The highest BCUT2D eigenvalue weighted by atomic mass is 15.6. The molecule has 1 aromatic rings. The van der Waals surface area contributed by atoms with Crippen molar-refractivity contribution >= 4 is 0 Å². The Morgan fingerprint density at radius 2 is 2.07 bits per heavy atom. The van der Waals surface area contributed by atoms with E-state index < -0.39 is 0 Å². The Bertz CT molecular complexity index is 273. The van der Waals surface area contributed by atoms with Gasteiger partial charge >= 0.3 is 0 Å². The number of nitrogens with zero attached hydrogens (tertiary/aromatic N) is 4. The SMILES string of the molecule is Cn1nnc(CNCCC(C)(C)C)n1. The Morgan fingerprint density at radius 1 is 1.36 bits per heavy atom. The van der Waals surface area contributed by atoms with Gasteiger partial charge in [0.25, 0.3) is 0 Å². The highest BCUT2D eigenvalue weighted by Gasteiger charge is 2.09. The summed E-state index contributed by atoms with van der Waals surface area (Å²) >= 11 is 0. The summed E-state index contributed by atoms with van der Waals surface area (Å²) in [6.45, 7) is 8.38. The Morgan fingerprint density at radius 3 is 2.57 bits per heavy atom. The van der Waals surface area contributed by atoms with Gasteiger partial charge in [-0.25, -0.2) is 0 Å². The Balaban J connectivity index is 2.16. The van der Waals surface area contributed by atoms with Gasteiger partial charge < -0.3 is 5.32 Å². The summed E-state index contributed by atoms with van der Waals surface area (Å²) in [5, 5.41) is 15.0. The third-order valence-corrected chi connectivity index (χ3v) is 1.88. The fourth-order valence-electron chi connectivity index (χ4n) is 1.06. The smallest absolute Gasteiger partial charge is 0.188 e. The Labute approximate surface area is 84.9 Å². The second-order valence-electron chi connectivity index (χ2n) is 4.68. The molecule has 0 spiro atoms. The number of nitrogens with one attached hydrogen (secondary N) is 1. The lowest BCUT2D eigenvalue weighted by Crippen LogP contribution is -2.20. The maximum absolute atomic E-state index is 4.08. The van der Waals surface area contributed by atoms with Crippen LogP contribution in [0.25, 0.3) is 0 Å². The van der Waals surface area contributed by atoms with Crippen LogP contribution in [0, 0.1) is 5.41 Å². The van der Waals surface area contributed by atoms with E-state index in [1.54, 1.807) is 7.05 Å². The van der Waals surface area contributed by atoms with Crippen LogP contribution in [-0.2, 0) is 13.6 Å². The molecule has 0 saturated carbocycles. The molecule has 0 atom stereocenters. The molecule has 0 aromatic carbocycles. The van der Waals surface area contributed by atoms with Crippen LogP contribution >= 0.6 is 0 Å². The van der Waals surface area contributed by atoms with E-state index in [1.807, 2.05) is 0 Å². The molecule has 0 aliphatic carbocycles. The van der Waals surface area contributed by atoms with Crippen molar-refractivity contribution in [1.82, 2.24) is 25.5 Å². The van der Waals surface area contributed by atoms with Crippen LogP contribution in [0.4, 0.5) is 0 Å². The van der Waals surface area contributed by atoms with Gasteiger partial charge in [0.2, 0.25) is 0 Å². The summed E-state index contributed by atoms with van der Waals surface area (Å²) in [4.78, 5) is 1.47. The lowest BCUT2D eigenvalue weighted by molar-refractivity contribution is 0.365. The highest BCUT2D eigenvalue weighted by molar-refractivity contribution is 4.75. The molecule has 0 saturated heterocycles. The third-order valence-electron chi connectivity index (χ3n) is 1.88. The molecule has 0 bridgehead atoms. The molecule has 1 aromatic heterocycles. The molecular formula is C9H19N5. The maximum atomic E-state index is 4.08. The lowest BCUT2D eigenvalue weighted by Gasteiger charge is -2.17. The first-order valence-electron chi connectivity index (χ1n) is 4.91. The average molecular weight is 197 g/mol. The topological polar surface area (TPSA) is 55.6 Å². The van der Waals surface area contributed by atoms with Crippen LogP contribution in [0.15, 0.2) is 0 Å². The van der Waals surface area contributed by atoms with Crippen LogP contribution in [0.5, 0.6) is 0 Å². The summed E-state index contributed by atoms with van der Waals surface area (Å²) in [6.07, 6.45) is 1.15. The highest BCUT2D eigenvalue weighted by Crippen LogP contribution is 2.16. The van der Waals surface area contributed by atoms with Gasteiger partial charge in [-0.2, -0.15) is 4.80 Å². The summed E-state index contributed by atoms with van der Waals surface area (Å²) in [5.74, 6) is 0.751. The molecule has 80 valence electrons. The van der Waals surface area contributed by atoms with E-state index in [4.69, 9.17) is 0 Å². The lowest BCUT2D eigenvalue weighted by atomic mass is 9.92. The van der Waals surface area contributed by atoms with Crippen molar-refractivity contribution in [3.63, 3.8) is 0 Å². The van der Waals surface area contributed by atoms with Gasteiger partial charge in [0, 0.05) is 0 Å². The maximum Gasteiger partial charge on any atom is 0.188 e. The Kier molecular flexibility index (Phi) is 3.57. The predicted octanol–water partition coefficient (Wildman–Crippen LogP) is 0.736. The minimum atomic E-state index is 0.378. The van der Waals surface area contributed by atoms with Crippen LogP contribution < -0.4 is 5.32 Å². The van der Waals surface area contributed by atoms with Crippen molar-refractivity contribution in [2.24, 2.45) is 12.5 Å². The van der Waals surface area contributed by atoms with Crippen molar-refractivity contribution < 1.29 is 0 Å². The fraction of sp³-hybridized carbons (Fsp3) is 0.889. The van der Waals surface area contributed by atoms with Crippen molar-refractivity contribution in [2.75, 3.05) is 6.54 Å². The van der Waals surface area contributed by atoms with Gasteiger partial charge in [0.1, 0.15) is 0 Å². The molecule has 0 aliphatic heterocycles. The van der Waals surface area contributed by atoms with E-state index in [9.17, 15) is 0 Å². The molecule has 0 amide bonds. The van der Waals surface area contributed by atoms with Crippen LogP contribution in [0.1, 0.15) is 33.0 Å². The Hall–Kier alpha value is -0.970. The zero-order valence-corrected chi connectivity index (χ0v) is 9.41. The number of tetrazole rings is 1. The molecule has 0 fully saturated rings. The van der Waals surface area contributed by atoms with E-state index in [1.165, 1.54) is 4.80 Å². The minimum absolute atomic E-state index is 0.378. The minimum Gasteiger partial charge on any atom is -0.310 e. The number of hydrogen-bond donors (Lipinski definition) is 1. The van der Waals surface area contributed by atoms with Crippen LogP contribution in [-0.4, -0.2) is 26.8 Å². The molecule has 0 radical (unpaired) electrons. The predicted molar refractivity (Wildman–Crippen MR) is 54.6 cm³/mol. The van der Waals surface area contributed by atoms with Gasteiger partial charge in [-0.1, -0.05) is 20.8 Å². The molecule has 1 rings (SSSR count). The summed E-state index contributed by atoms with van der Waals surface area (Å²) < 4.78 is 0. The first-order chi connectivity index (χ1) is 6.47. The molecular weight excluding hydrogens is 178 g/mol. The normalized spacial score (nSPS) is 12.0. The van der Waals surface area contributed by atoms with Gasteiger partial charge in [-0.15, -0.1) is 10.2 Å². The van der Waals surface area contributed by atoms with Gasteiger partial charge in [0.05, 0.1) is 13.6 Å². The second kappa shape index (κ2) is 4.50. The standard InChI is InChI=1S/C9H19N5/c1-9(2,3)5-6-10-7-8-11-13-14(4)12-8/h10H,5-7H2,1-4H3. The second-order valence-corrected chi connectivity index (χ2v) is 4.68. The third kappa shape index (κ3) is 4.32. The first kappa shape index (κ1) is 11.1. The first-order valence-corrected chi connectivity index (χ1v) is 4.91. The van der Waals surface area contributed by atoms with Crippen molar-refractivity contribution in [1.29, 1.82) is 0 Å². The van der Waals surface area contributed by atoms with Crippen LogP contribution in [0.3, 0.4) is 0 Å². The summed E-state index contributed by atoms with van der Waals surface area (Å²) in [6, 6.07) is 0. The molecule has 1 heterocycles. The van der Waals surface area contributed by atoms with Gasteiger partial charge in [-0.3, -0.25) is 0 Å². The summed E-state index contributed by atoms with van der Waals surface area (Å²) in [5.41, 5.74) is 0.378. The molecule has 0 unspecified atom stereocenters. The van der Waals surface area contributed by atoms with Crippen molar-refractivity contribution in [2.45, 2.75) is 33.7 Å². The number of rotatable bonds is 4. The van der Waals surface area contributed by atoms with Crippen molar-refractivity contribution in [3.8, 4) is 0 Å². The fourth-order valence-corrected chi connectivity index (χ4v) is 1.06. The van der Waals surface area contributed by atoms with Gasteiger partial charge in [-0.05, 0) is 23.6 Å². The van der Waals surface area contributed by atoms with Crippen molar-refractivity contribution in [3.05, 3.63) is 5.82 Å². The quantitative estimate of drug-likeness (QED) is 0.723. The summed E-state index contributed by atoms with van der Waals surface area (Å²) in [7, 11) is 1.77. The van der Waals surface area contributed by atoms with E-state index in [0.717, 1.165) is 18.8 Å². The molecule has 5 nitrogen and oxygen atoms in total. The molecule has 5 heteroatoms. The molecule has 0 aliphatic rings. The van der Waals surface area contributed by atoms with E-state index in [2.05, 4.69) is 41.5 Å². The number of aryl methyl sites for hydroxylation is 1. The zero-order chi connectivity index (χ0) is 10.6. The largest absolute Gasteiger partial charge is 0.310 e. The average Bonchev–Trinajstić information content (AvgIpc) is 2.44. The van der Waals surface area contributed by atoms with Crippen LogP contribution in [0.2, 0.25) is 0 Å². The number of hydrogen-bond acceptors (Lipinski definition) is 4. The monoisotopic (exact) mass is 197 g/mol. The van der Waals surface area contributed by atoms with E-state index in [-0.39, 0.29) is 0 Å². The zero-order valence-electron chi connectivity index (χ0n) is 9.41. The van der Waals surface area contributed by atoms with E-state index >= 15 is 0 Å².